The van der Waals surface area contributed by atoms with E-state index in [-0.39, 0.29) is 35.9 Å². The molecule has 1 heterocycles. The Kier molecular flexibility index (Phi) is 8.66. The van der Waals surface area contributed by atoms with Gasteiger partial charge in [0, 0.05) is 12.1 Å². The van der Waals surface area contributed by atoms with Crippen LogP contribution < -0.4 is 11.1 Å². The maximum Gasteiger partial charge on any atom is 0.288 e. The van der Waals surface area contributed by atoms with Crippen LogP contribution in [0.25, 0.3) is 0 Å². The van der Waals surface area contributed by atoms with Gasteiger partial charge in [0.2, 0.25) is 12.2 Å². The van der Waals surface area contributed by atoms with E-state index in [2.05, 4.69) is 17.0 Å². The van der Waals surface area contributed by atoms with Crippen molar-refractivity contribution >= 4 is 19.0 Å². The second-order valence-corrected chi connectivity index (χ2v) is 7.81. The standard InChI is InChI=1S/C23H27FN4O5/c1-23(2,25)13-27-22(32)19-12-28(14-30)21(20(26-3)17(31)10-11-29)18(33-19)9-6-15-4-7-16(24)8-5-15/h4-5,7-10,12,14,29,31H,3,6,11,13,25H2,1-2H3,(H,27,32)/b17-10-,18-9-,21-20+. The smallest absolute Gasteiger partial charge is 0.288 e. The topological polar surface area (TPSA) is 137 Å². The van der Waals surface area contributed by atoms with E-state index in [1.165, 1.54) is 12.1 Å². The molecule has 1 aliphatic heterocycles. The van der Waals surface area contributed by atoms with Gasteiger partial charge in [-0.1, -0.05) is 12.1 Å². The molecule has 2 amide bonds. The average molecular weight is 458 g/mol. The summed E-state index contributed by atoms with van der Waals surface area (Å²) in [6.45, 7) is 6.52. The molecule has 5 N–H and O–H groups in total. The van der Waals surface area contributed by atoms with E-state index in [1.807, 2.05) is 0 Å². The van der Waals surface area contributed by atoms with Crippen molar-refractivity contribution < 1.29 is 28.9 Å². The molecule has 1 aliphatic rings. The molecule has 9 nitrogen and oxygen atoms in total. The first-order valence-corrected chi connectivity index (χ1v) is 9.96. The molecule has 0 bridgehead atoms. The van der Waals surface area contributed by atoms with Crippen molar-refractivity contribution in [1.82, 2.24) is 10.2 Å². The number of nitrogens with one attached hydrogen (secondary N) is 1. The number of aliphatic hydroxyl groups is 2. The first kappa shape index (κ1) is 25.5. The zero-order valence-electron chi connectivity index (χ0n) is 18.4. The minimum Gasteiger partial charge on any atom is -0.506 e. The Morgan fingerprint density at radius 3 is 2.58 bits per heavy atom. The SMILES string of the molecule is C=NC(/C(O)=C/CO)=C1\C(=C\Cc2ccc(F)cc2)OC(C(=O)NCC(C)(C)N)=CN1C=O. The van der Waals surface area contributed by atoms with Gasteiger partial charge in [0.05, 0.1) is 12.8 Å². The second kappa shape index (κ2) is 11.2. The molecule has 0 spiro atoms. The van der Waals surface area contributed by atoms with Crippen LogP contribution in [-0.4, -0.2) is 52.8 Å². The second-order valence-electron chi connectivity index (χ2n) is 7.81. The molecule has 0 aromatic heterocycles. The third kappa shape index (κ3) is 7.13. The fraction of sp³-hybridized carbons (Fsp3) is 0.261. The largest absolute Gasteiger partial charge is 0.506 e. The molecular formula is C23H27FN4O5. The quantitative estimate of drug-likeness (QED) is 0.253. The van der Waals surface area contributed by atoms with E-state index in [0.717, 1.165) is 22.7 Å². The normalized spacial score (nSPS) is 17.2. The average Bonchev–Trinajstić information content (AvgIpc) is 2.77. The Morgan fingerprint density at radius 1 is 1.36 bits per heavy atom. The lowest BCUT2D eigenvalue weighted by Gasteiger charge is -2.28. The van der Waals surface area contributed by atoms with Gasteiger partial charge in [-0.3, -0.25) is 19.5 Å². The Labute approximate surface area is 191 Å². The Balaban J connectivity index is 2.54. The highest BCUT2D eigenvalue weighted by Gasteiger charge is 2.30. The summed E-state index contributed by atoms with van der Waals surface area (Å²) in [7, 11) is 0. The number of nitrogens with zero attached hydrogens (tertiary/aromatic N) is 2. The summed E-state index contributed by atoms with van der Waals surface area (Å²) in [5.41, 5.74) is 5.79. The minimum absolute atomic E-state index is 0.0000152. The van der Waals surface area contributed by atoms with Crippen molar-refractivity contribution in [2.75, 3.05) is 13.2 Å². The molecule has 0 unspecified atom stereocenters. The number of hydrogen-bond donors (Lipinski definition) is 4. The highest BCUT2D eigenvalue weighted by molar-refractivity contribution is 5.92. The lowest BCUT2D eigenvalue weighted by Crippen LogP contribution is -2.46. The van der Waals surface area contributed by atoms with E-state index < -0.39 is 29.6 Å². The van der Waals surface area contributed by atoms with Gasteiger partial charge < -0.3 is 26.0 Å². The van der Waals surface area contributed by atoms with Crippen LogP contribution in [0.1, 0.15) is 19.4 Å². The van der Waals surface area contributed by atoms with Crippen LogP contribution in [0.3, 0.4) is 0 Å². The van der Waals surface area contributed by atoms with Gasteiger partial charge in [0.25, 0.3) is 5.91 Å². The lowest BCUT2D eigenvalue weighted by molar-refractivity contribution is -0.121. The Morgan fingerprint density at radius 2 is 2.03 bits per heavy atom. The van der Waals surface area contributed by atoms with Crippen LogP contribution >= 0.6 is 0 Å². The zero-order valence-corrected chi connectivity index (χ0v) is 18.4. The number of ether oxygens (including phenoxy) is 1. The summed E-state index contributed by atoms with van der Waals surface area (Å²) < 4.78 is 19.0. The number of carbonyl (C=O) groups excluding carboxylic acids is 2. The molecule has 176 valence electrons. The first-order valence-electron chi connectivity index (χ1n) is 9.96. The fourth-order valence-corrected chi connectivity index (χ4v) is 2.76. The molecule has 1 aromatic rings. The van der Waals surface area contributed by atoms with Crippen molar-refractivity contribution in [1.29, 1.82) is 0 Å². The predicted molar refractivity (Wildman–Crippen MR) is 121 cm³/mol. The molecule has 0 radical (unpaired) electrons. The molecule has 0 fully saturated rings. The van der Waals surface area contributed by atoms with Crippen molar-refractivity contribution in [2.24, 2.45) is 10.7 Å². The zero-order chi connectivity index (χ0) is 24.6. The summed E-state index contributed by atoms with van der Waals surface area (Å²) >= 11 is 0. The molecule has 10 heteroatoms. The molecule has 2 rings (SSSR count). The highest BCUT2D eigenvalue weighted by Crippen LogP contribution is 2.31. The van der Waals surface area contributed by atoms with Gasteiger partial charge in [-0.15, -0.1) is 0 Å². The molecule has 33 heavy (non-hydrogen) atoms. The number of rotatable bonds is 9. The monoisotopic (exact) mass is 458 g/mol. The van der Waals surface area contributed by atoms with Gasteiger partial charge in [-0.05, 0) is 56.8 Å². The van der Waals surface area contributed by atoms with Gasteiger partial charge in [0.15, 0.2) is 5.76 Å². The number of halogens is 1. The number of hydrogen-bond acceptors (Lipinski definition) is 7. The van der Waals surface area contributed by atoms with Crippen molar-refractivity contribution in [3.8, 4) is 0 Å². The molecule has 0 saturated carbocycles. The molecule has 0 atom stereocenters. The van der Waals surface area contributed by atoms with Gasteiger partial charge >= 0.3 is 0 Å². The van der Waals surface area contributed by atoms with E-state index in [0.29, 0.717) is 6.41 Å². The summed E-state index contributed by atoms with van der Waals surface area (Å²) in [5, 5.41) is 22.0. The lowest BCUT2D eigenvalue weighted by atomic mass is 10.1. The molecule has 0 saturated heterocycles. The van der Waals surface area contributed by atoms with E-state index >= 15 is 0 Å². The number of nitrogens with two attached hydrogens (primary N) is 1. The number of benzene rings is 1. The van der Waals surface area contributed by atoms with Crippen molar-refractivity contribution in [3.05, 3.63) is 82.7 Å². The number of aliphatic imine (C=N–C) groups is 1. The van der Waals surface area contributed by atoms with E-state index in [9.17, 15) is 19.1 Å². The van der Waals surface area contributed by atoms with Crippen molar-refractivity contribution in [3.63, 3.8) is 0 Å². The Hall–Kier alpha value is -3.76. The van der Waals surface area contributed by atoms with Gasteiger partial charge in [0.1, 0.15) is 23.0 Å². The van der Waals surface area contributed by atoms with Crippen molar-refractivity contribution in [2.45, 2.75) is 25.8 Å². The molecule has 1 aromatic carbocycles. The van der Waals surface area contributed by atoms with Crippen LogP contribution in [0, 0.1) is 5.82 Å². The van der Waals surface area contributed by atoms with Crippen LogP contribution in [0.5, 0.6) is 0 Å². The van der Waals surface area contributed by atoms with Crippen LogP contribution in [0.2, 0.25) is 0 Å². The van der Waals surface area contributed by atoms with Crippen LogP contribution in [0.15, 0.2) is 76.3 Å². The first-order chi connectivity index (χ1) is 15.6. The maximum absolute atomic E-state index is 13.2. The van der Waals surface area contributed by atoms with Gasteiger partial charge in [-0.25, -0.2) is 4.39 Å². The summed E-state index contributed by atoms with van der Waals surface area (Å²) in [5.74, 6) is -1.64. The number of allylic oxidation sites excluding steroid dienone is 1. The summed E-state index contributed by atoms with van der Waals surface area (Å²) in [6.07, 6.45) is 4.39. The van der Waals surface area contributed by atoms with Gasteiger partial charge in [-0.2, -0.15) is 0 Å². The fourth-order valence-electron chi connectivity index (χ4n) is 2.76. The number of amides is 2. The Bertz CT molecular complexity index is 1020. The summed E-state index contributed by atoms with van der Waals surface area (Å²) in [4.78, 5) is 29.3. The van der Waals surface area contributed by atoms with Crippen LogP contribution in [-0.2, 0) is 20.7 Å². The maximum atomic E-state index is 13.2. The molecular weight excluding hydrogens is 431 g/mol. The number of carbonyl (C=O) groups is 2. The predicted octanol–water partition coefficient (Wildman–Crippen LogP) is 1.78. The summed E-state index contributed by atoms with van der Waals surface area (Å²) in [6, 6.07) is 5.73. The van der Waals surface area contributed by atoms with E-state index in [1.54, 1.807) is 32.1 Å². The van der Waals surface area contributed by atoms with E-state index in [4.69, 9.17) is 15.6 Å². The third-order valence-corrected chi connectivity index (χ3v) is 4.36. The number of aliphatic hydroxyl groups excluding tert-OH is 2. The third-order valence-electron chi connectivity index (χ3n) is 4.36. The highest BCUT2D eigenvalue weighted by atomic mass is 19.1. The van der Waals surface area contributed by atoms with Crippen LogP contribution in [0.4, 0.5) is 4.39 Å². The molecule has 0 aliphatic carbocycles. The minimum atomic E-state index is -0.678.